The van der Waals surface area contributed by atoms with Gasteiger partial charge in [0.25, 0.3) is 0 Å². The third kappa shape index (κ3) is 7.45. The number of pyridine rings is 1. The van der Waals surface area contributed by atoms with E-state index >= 15 is 0 Å². The van der Waals surface area contributed by atoms with Gasteiger partial charge in [0.15, 0.2) is 0 Å². The maximum Gasteiger partial charge on any atom is 0.308 e. The van der Waals surface area contributed by atoms with Gasteiger partial charge in [0, 0.05) is 50.1 Å². The third-order valence-corrected chi connectivity index (χ3v) is 11.4. The van der Waals surface area contributed by atoms with E-state index in [4.69, 9.17) is 4.74 Å². The lowest BCUT2D eigenvalue weighted by molar-refractivity contribution is -0.154. The number of nitrogens with zero attached hydrogens (tertiary/aromatic N) is 4. The number of benzene rings is 2. The summed E-state index contributed by atoms with van der Waals surface area (Å²) in [5.41, 5.74) is 1.34. The van der Waals surface area contributed by atoms with E-state index in [0.717, 1.165) is 69.7 Å². The maximum atomic E-state index is 12.9. The van der Waals surface area contributed by atoms with Crippen LogP contribution in [0.25, 0.3) is 0 Å². The summed E-state index contributed by atoms with van der Waals surface area (Å²) in [5, 5.41) is 10.8. The molecule has 1 aromatic heterocycles. The van der Waals surface area contributed by atoms with Crippen molar-refractivity contribution in [2.75, 3.05) is 37.6 Å². The van der Waals surface area contributed by atoms with Crippen LogP contribution in [0.15, 0.2) is 88.9 Å². The van der Waals surface area contributed by atoms with Crippen LogP contribution in [0.5, 0.6) is 0 Å². The highest BCUT2D eigenvalue weighted by Crippen LogP contribution is 2.43. The molecule has 244 valence electrons. The molecule has 8 nitrogen and oxygen atoms in total. The van der Waals surface area contributed by atoms with Crippen molar-refractivity contribution in [3.05, 3.63) is 84.7 Å². The maximum absolute atomic E-state index is 12.9. The van der Waals surface area contributed by atoms with Crippen LogP contribution >= 0.6 is 0 Å². The highest BCUT2D eigenvalue weighted by atomic mass is 32.2. The predicted octanol–water partition coefficient (Wildman–Crippen LogP) is 6.28. The number of esters is 1. The Balaban J connectivity index is 1.18. The Kier molecular flexibility index (Phi) is 10.8. The van der Waals surface area contributed by atoms with Crippen LogP contribution in [-0.2, 0) is 24.8 Å². The van der Waals surface area contributed by atoms with Crippen LogP contribution in [0.2, 0.25) is 0 Å². The molecule has 2 aliphatic rings. The molecule has 0 spiro atoms. The van der Waals surface area contributed by atoms with Gasteiger partial charge in [0.05, 0.1) is 27.2 Å². The van der Waals surface area contributed by atoms with Crippen molar-refractivity contribution in [3.8, 4) is 6.07 Å². The van der Waals surface area contributed by atoms with E-state index in [1.807, 2.05) is 44.2 Å². The van der Waals surface area contributed by atoms with Gasteiger partial charge in [-0.25, -0.2) is 8.42 Å². The molecule has 2 aromatic carbocycles. The summed E-state index contributed by atoms with van der Waals surface area (Å²) < 4.78 is 31.8. The molecule has 0 aliphatic carbocycles. The smallest absolute Gasteiger partial charge is 0.308 e. The van der Waals surface area contributed by atoms with Gasteiger partial charge in [-0.3, -0.25) is 9.78 Å². The fourth-order valence-electron chi connectivity index (χ4n) is 7.00. The SMILES string of the molecule is CCC[C@H](CC(C#N)(c1ccccc1)C1CCN(CC2CN(c3ccc(S(=O)(=O)c4ccncc4)cc3)C2)CC1)OC(=O)C(C)C. The first kappa shape index (κ1) is 33.6. The molecule has 9 heteroatoms. The first-order valence-electron chi connectivity index (χ1n) is 16.6. The van der Waals surface area contributed by atoms with Gasteiger partial charge in [-0.05, 0) is 80.2 Å². The Morgan fingerprint density at radius 2 is 1.63 bits per heavy atom. The summed E-state index contributed by atoms with van der Waals surface area (Å²) in [6.07, 6.45) is 6.68. The Morgan fingerprint density at radius 3 is 2.22 bits per heavy atom. The van der Waals surface area contributed by atoms with Crippen molar-refractivity contribution in [1.29, 1.82) is 5.26 Å². The number of anilines is 1. The second-order valence-electron chi connectivity index (χ2n) is 13.2. The zero-order valence-corrected chi connectivity index (χ0v) is 28.0. The number of hydrogen-bond acceptors (Lipinski definition) is 8. The van der Waals surface area contributed by atoms with Crippen LogP contribution < -0.4 is 4.90 Å². The number of nitriles is 1. The highest BCUT2D eigenvalue weighted by molar-refractivity contribution is 7.91. The second kappa shape index (κ2) is 14.8. The molecule has 2 fully saturated rings. The monoisotopic (exact) mass is 642 g/mol. The molecule has 0 saturated carbocycles. The van der Waals surface area contributed by atoms with Crippen molar-refractivity contribution in [2.45, 2.75) is 74.2 Å². The predicted molar refractivity (Wildman–Crippen MR) is 179 cm³/mol. The van der Waals surface area contributed by atoms with Gasteiger partial charge < -0.3 is 14.5 Å². The number of carbonyl (C=O) groups is 1. The number of likely N-dealkylation sites (tertiary alicyclic amines) is 1. The van der Waals surface area contributed by atoms with E-state index in [0.29, 0.717) is 12.3 Å². The Labute approximate surface area is 274 Å². The number of piperidine rings is 1. The molecule has 0 bridgehead atoms. The fourth-order valence-corrected chi connectivity index (χ4v) is 8.25. The molecule has 2 saturated heterocycles. The van der Waals surface area contributed by atoms with Gasteiger partial charge in [0.2, 0.25) is 9.84 Å². The normalized spacial score (nSPS) is 18.4. The van der Waals surface area contributed by atoms with E-state index in [9.17, 15) is 18.5 Å². The van der Waals surface area contributed by atoms with E-state index in [1.54, 1.807) is 12.1 Å². The lowest BCUT2D eigenvalue weighted by Gasteiger charge is -2.46. The zero-order valence-electron chi connectivity index (χ0n) is 27.2. The summed E-state index contributed by atoms with van der Waals surface area (Å²) in [4.78, 5) is 21.8. The summed E-state index contributed by atoms with van der Waals surface area (Å²) in [7, 11) is -3.56. The Bertz CT molecular complexity index is 1580. The van der Waals surface area contributed by atoms with Crippen molar-refractivity contribution in [1.82, 2.24) is 9.88 Å². The lowest BCUT2D eigenvalue weighted by atomic mass is 9.64. The third-order valence-electron chi connectivity index (χ3n) is 9.63. The largest absolute Gasteiger partial charge is 0.462 e. The topological polar surface area (TPSA) is 104 Å². The minimum atomic E-state index is -3.56. The van der Waals surface area contributed by atoms with Crippen LogP contribution in [0, 0.1) is 29.1 Å². The van der Waals surface area contributed by atoms with E-state index in [1.165, 1.54) is 24.5 Å². The van der Waals surface area contributed by atoms with Crippen LogP contribution in [-0.4, -0.2) is 63.1 Å². The molecule has 2 aliphatic heterocycles. The average Bonchev–Trinajstić information content (AvgIpc) is 3.06. The van der Waals surface area contributed by atoms with Crippen molar-refractivity contribution in [2.24, 2.45) is 17.8 Å². The van der Waals surface area contributed by atoms with E-state index in [2.05, 4.69) is 39.9 Å². The number of rotatable bonds is 13. The van der Waals surface area contributed by atoms with Gasteiger partial charge in [-0.15, -0.1) is 0 Å². The molecule has 0 radical (unpaired) electrons. The van der Waals surface area contributed by atoms with Crippen LogP contribution in [0.1, 0.15) is 58.4 Å². The molecule has 5 rings (SSSR count). The average molecular weight is 643 g/mol. The van der Waals surface area contributed by atoms with Gasteiger partial charge in [-0.2, -0.15) is 5.26 Å². The van der Waals surface area contributed by atoms with Crippen LogP contribution in [0.4, 0.5) is 5.69 Å². The molecule has 0 amide bonds. The Hall–Kier alpha value is -3.74. The standard InChI is InChI=1S/C37H46N4O4S/c1-4-8-33(45-36(42)28(2)3)23-37(27-38,30-9-6-5-7-10-30)31-17-21-40(22-18-31)24-29-25-41(26-29)32-11-13-34(14-12-32)46(43,44)35-15-19-39-20-16-35/h5-7,9-16,19-20,28-29,31,33H,4,8,17-18,21-26H2,1-3H3/t33-,37?/m1/s1. The summed E-state index contributed by atoms with van der Waals surface area (Å²) in [6, 6.07) is 23.1. The quantitative estimate of drug-likeness (QED) is 0.201. The first-order chi connectivity index (χ1) is 22.2. The molecule has 0 N–H and O–H groups in total. The number of ether oxygens (including phenoxy) is 1. The fraction of sp³-hybridized carbons (Fsp3) is 0.486. The number of hydrogen-bond donors (Lipinski definition) is 0. The molecular formula is C37H46N4O4S. The molecule has 3 heterocycles. The van der Waals surface area contributed by atoms with Crippen molar-refractivity contribution >= 4 is 21.5 Å². The first-order valence-corrected chi connectivity index (χ1v) is 18.0. The van der Waals surface area contributed by atoms with Gasteiger partial charge in [-0.1, -0.05) is 57.5 Å². The molecule has 2 atom stereocenters. The van der Waals surface area contributed by atoms with E-state index < -0.39 is 15.3 Å². The van der Waals surface area contributed by atoms with Crippen LogP contribution in [0.3, 0.4) is 0 Å². The van der Waals surface area contributed by atoms with Crippen molar-refractivity contribution in [3.63, 3.8) is 0 Å². The molecule has 1 unspecified atom stereocenters. The van der Waals surface area contributed by atoms with Gasteiger partial charge in [0.1, 0.15) is 6.10 Å². The van der Waals surface area contributed by atoms with Crippen molar-refractivity contribution < 1.29 is 17.9 Å². The Morgan fingerprint density at radius 1 is 1.00 bits per heavy atom. The minimum Gasteiger partial charge on any atom is -0.462 e. The number of sulfone groups is 1. The van der Waals surface area contributed by atoms with E-state index in [-0.39, 0.29) is 33.7 Å². The summed E-state index contributed by atoms with van der Waals surface area (Å²) in [5.74, 6) is 0.309. The summed E-state index contributed by atoms with van der Waals surface area (Å²) >= 11 is 0. The van der Waals surface area contributed by atoms with Gasteiger partial charge >= 0.3 is 5.97 Å². The highest BCUT2D eigenvalue weighted by Gasteiger charge is 2.45. The molecule has 46 heavy (non-hydrogen) atoms. The summed E-state index contributed by atoms with van der Waals surface area (Å²) in [6.45, 7) is 10.5. The lowest BCUT2D eigenvalue weighted by Crippen LogP contribution is -2.53. The second-order valence-corrected chi connectivity index (χ2v) is 15.1. The zero-order chi connectivity index (χ0) is 32.7. The molecule has 3 aromatic rings. The minimum absolute atomic E-state index is 0.174. The number of carbonyl (C=O) groups excluding carboxylic acids is 1. The number of aromatic nitrogens is 1. The molecular weight excluding hydrogens is 596 g/mol.